The molecule has 3 heteroatoms. The Morgan fingerprint density at radius 3 is 2.12 bits per heavy atom. The van der Waals surface area contributed by atoms with E-state index in [9.17, 15) is 0 Å². The molecular weight excluding hydrogens is 102 g/mol. The highest BCUT2D eigenvalue weighted by atomic mass is 15.6. The van der Waals surface area contributed by atoms with Crippen LogP contribution in [0.4, 0.5) is 0 Å². The highest BCUT2D eigenvalue weighted by Gasteiger charge is 2.05. The van der Waals surface area contributed by atoms with Crippen LogP contribution in [0.1, 0.15) is 19.3 Å². The lowest BCUT2D eigenvalue weighted by molar-refractivity contribution is 0.156. The van der Waals surface area contributed by atoms with E-state index in [0.717, 1.165) is 13.1 Å². The first-order valence-electron chi connectivity index (χ1n) is 3.14. The van der Waals surface area contributed by atoms with Crippen LogP contribution in [0.5, 0.6) is 0 Å². The van der Waals surface area contributed by atoms with E-state index >= 15 is 0 Å². The van der Waals surface area contributed by atoms with Crippen molar-refractivity contribution in [3.8, 4) is 0 Å². The first kappa shape index (κ1) is 6.01. The smallest absolute Gasteiger partial charge is 0.0144 e. The first-order chi connectivity index (χ1) is 3.93. The molecular formula is C5H13N3. The number of hydrazine groups is 2. The Morgan fingerprint density at radius 2 is 1.75 bits per heavy atom. The minimum atomic E-state index is 1.11. The molecule has 1 aliphatic rings. The van der Waals surface area contributed by atoms with E-state index in [1.807, 2.05) is 5.01 Å². The van der Waals surface area contributed by atoms with Crippen molar-refractivity contribution in [1.29, 1.82) is 0 Å². The normalized spacial score (nSPS) is 23.6. The van der Waals surface area contributed by atoms with E-state index in [1.165, 1.54) is 19.3 Å². The number of nitrogens with zero attached hydrogens (tertiary/aromatic N) is 1. The zero-order valence-electron chi connectivity index (χ0n) is 5.06. The van der Waals surface area contributed by atoms with Gasteiger partial charge in [0, 0.05) is 13.1 Å². The summed E-state index contributed by atoms with van der Waals surface area (Å²) in [5, 5.41) is 2.05. The van der Waals surface area contributed by atoms with Gasteiger partial charge in [-0.1, -0.05) is 6.42 Å². The Morgan fingerprint density at radius 1 is 1.12 bits per heavy atom. The van der Waals surface area contributed by atoms with Crippen molar-refractivity contribution in [1.82, 2.24) is 10.5 Å². The van der Waals surface area contributed by atoms with Crippen LogP contribution in [0, 0.1) is 0 Å². The molecule has 0 spiro atoms. The molecule has 0 aromatic rings. The zero-order chi connectivity index (χ0) is 5.82. The lowest BCUT2D eigenvalue weighted by Crippen LogP contribution is -2.45. The SMILES string of the molecule is NNN1CCCCC1. The second-order valence-electron chi connectivity index (χ2n) is 2.18. The van der Waals surface area contributed by atoms with Crippen molar-refractivity contribution in [2.75, 3.05) is 13.1 Å². The van der Waals surface area contributed by atoms with Gasteiger partial charge in [0.1, 0.15) is 0 Å². The average molecular weight is 115 g/mol. The molecule has 1 fully saturated rings. The Hall–Kier alpha value is -0.120. The summed E-state index contributed by atoms with van der Waals surface area (Å²) in [5.41, 5.74) is 2.64. The van der Waals surface area contributed by atoms with Crippen LogP contribution in [-0.2, 0) is 0 Å². The van der Waals surface area contributed by atoms with E-state index in [0.29, 0.717) is 0 Å². The van der Waals surface area contributed by atoms with Gasteiger partial charge in [0.05, 0.1) is 0 Å². The maximum Gasteiger partial charge on any atom is 0.0144 e. The van der Waals surface area contributed by atoms with Crippen LogP contribution in [-0.4, -0.2) is 18.1 Å². The summed E-state index contributed by atoms with van der Waals surface area (Å²) in [7, 11) is 0. The lowest BCUT2D eigenvalue weighted by Gasteiger charge is -2.24. The molecule has 0 aromatic carbocycles. The molecule has 0 radical (unpaired) electrons. The van der Waals surface area contributed by atoms with Crippen LogP contribution < -0.4 is 11.4 Å². The number of nitrogens with two attached hydrogens (primary N) is 1. The van der Waals surface area contributed by atoms with E-state index in [-0.39, 0.29) is 0 Å². The summed E-state index contributed by atoms with van der Waals surface area (Å²) < 4.78 is 0. The van der Waals surface area contributed by atoms with Crippen molar-refractivity contribution >= 4 is 0 Å². The summed E-state index contributed by atoms with van der Waals surface area (Å²) in [6, 6.07) is 0. The van der Waals surface area contributed by atoms with Crippen LogP contribution in [0.15, 0.2) is 0 Å². The standard InChI is InChI=1S/C5H13N3/c6-7-8-4-2-1-3-5-8/h7H,1-6H2. The summed E-state index contributed by atoms with van der Waals surface area (Å²) in [6.07, 6.45) is 3.92. The third-order valence-corrected chi connectivity index (χ3v) is 1.54. The minimum absolute atomic E-state index is 1.11. The van der Waals surface area contributed by atoms with Crippen molar-refractivity contribution in [2.24, 2.45) is 5.84 Å². The third kappa shape index (κ3) is 1.43. The van der Waals surface area contributed by atoms with Gasteiger partial charge >= 0.3 is 0 Å². The summed E-state index contributed by atoms with van der Waals surface area (Å²) in [4.78, 5) is 0. The molecule has 1 heterocycles. The van der Waals surface area contributed by atoms with Gasteiger partial charge in [0.2, 0.25) is 0 Å². The van der Waals surface area contributed by atoms with Crippen molar-refractivity contribution in [3.63, 3.8) is 0 Å². The molecule has 0 unspecified atom stereocenters. The Labute approximate surface area is 49.8 Å². The highest BCUT2D eigenvalue weighted by Crippen LogP contribution is 2.04. The maximum absolute atomic E-state index is 5.18. The Balaban J connectivity index is 2.13. The summed E-state index contributed by atoms with van der Waals surface area (Å²) in [5.74, 6) is 5.18. The molecule has 0 amide bonds. The number of hydrogen-bond acceptors (Lipinski definition) is 3. The molecule has 1 aliphatic heterocycles. The number of rotatable bonds is 1. The second-order valence-corrected chi connectivity index (χ2v) is 2.18. The van der Waals surface area contributed by atoms with Gasteiger partial charge in [-0.25, -0.2) is 5.01 Å². The number of piperidine rings is 1. The van der Waals surface area contributed by atoms with E-state index in [2.05, 4.69) is 5.53 Å². The summed E-state index contributed by atoms with van der Waals surface area (Å²) >= 11 is 0. The van der Waals surface area contributed by atoms with Gasteiger partial charge in [0.25, 0.3) is 0 Å². The van der Waals surface area contributed by atoms with Gasteiger partial charge in [-0.05, 0) is 12.8 Å². The molecule has 3 nitrogen and oxygen atoms in total. The molecule has 3 N–H and O–H groups in total. The lowest BCUT2D eigenvalue weighted by atomic mass is 10.2. The van der Waals surface area contributed by atoms with Gasteiger partial charge in [0.15, 0.2) is 0 Å². The molecule has 8 heavy (non-hydrogen) atoms. The molecule has 0 atom stereocenters. The fraction of sp³-hybridized carbons (Fsp3) is 1.00. The first-order valence-corrected chi connectivity index (χ1v) is 3.14. The van der Waals surface area contributed by atoms with Crippen molar-refractivity contribution in [2.45, 2.75) is 19.3 Å². The summed E-state index contributed by atoms with van der Waals surface area (Å²) in [6.45, 7) is 2.22. The topological polar surface area (TPSA) is 41.3 Å². The van der Waals surface area contributed by atoms with Gasteiger partial charge in [-0.2, -0.15) is 5.53 Å². The fourth-order valence-electron chi connectivity index (χ4n) is 1.02. The van der Waals surface area contributed by atoms with Crippen LogP contribution in [0.25, 0.3) is 0 Å². The predicted molar refractivity (Wildman–Crippen MR) is 32.7 cm³/mol. The van der Waals surface area contributed by atoms with E-state index < -0.39 is 0 Å². The van der Waals surface area contributed by atoms with Gasteiger partial charge in [-0.15, -0.1) is 0 Å². The van der Waals surface area contributed by atoms with E-state index in [4.69, 9.17) is 5.84 Å². The quantitative estimate of drug-likeness (QED) is 0.369. The maximum atomic E-state index is 5.18. The Bertz CT molecular complexity index is 58.7. The van der Waals surface area contributed by atoms with Gasteiger partial charge in [-0.3, -0.25) is 5.84 Å². The molecule has 1 rings (SSSR count). The second kappa shape index (κ2) is 3.02. The fourth-order valence-corrected chi connectivity index (χ4v) is 1.02. The predicted octanol–water partition coefficient (Wildman–Crippen LogP) is -0.149. The molecule has 0 aromatic heterocycles. The van der Waals surface area contributed by atoms with Crippen molar-refractivity contribution < 1.29 is 0 Å². The van der Waals surface area contributed by atoms with Crippen LogP contribution in [0.2, 0.25) is 0 Å². The van der Waals surface area contributed by atoms with Gasteiger partial charge < -0.3 is 0 Å². The molecule has 1 saturated heterocycles. The van der Waals surface area contributed by atoms with Crippen molar-refractivity contribution in [3.05, 3.63) is 0 Å². The monoisotopic (exact) mass is 115 g/mol. The number of nitrogens with one attached hydrogen (secondary N) is 1. The molecule has 48 valence electrons. The minimum Gasteiger partial charge on any atom is -0.258 e. The Kier molecular flexibility index (Phi) is 2.27. The largest absolute Gasteiger partial charge is 0.258 e. The molecule has 0 saturated carbocycles. The molecule has 0 aliphatic carbocycles. The zero-order valence-corrected chi connectivity index (χ0v) is 5.06. The van der Waals surface area contributed by atoms with Crippen LogP contribution >= 0.6 is 0 Å². The van der Waals surface area contributed by atoms with E-state index in [1.54, 1.807) is 0 Å². The van der Waals surface area contributed by atoms with Crippen LogP contribution in [0.3, 0.4) is 0 Å². The molecule has 0 bridgehead atoms. The number of hydrogen-bond donors (Lipinski definition) is 2. The third-order valence-electron chi connectivity index (χ3n) is 1.54. The average Bonchev–Trinajstić information content (AvgIpc) is 1.90. The highest BCUT2D eigenvalue weighted by molar-refractivity contribution is 4.57.